The van der Waals surface area contributed by atoms with E-state index in [-0.39, 0.29) is 5.97 Å². The molecular weight excluding hydrogens is 376 g/mol. The number of benzene rings is 1. The van der Waals surface area contributed by atoms with Gasteiger partial charge in [-0.05, 0) is 51.2 Å². The first-order valence-electron chi connectivity index (χ1n) is 12.1. The quantitative estimate of drug-likeness (QED) is 0.258. The van der Waals surface area contributed by atoms with E-state index >= 15 is 0 Å². The summed E-state index contributed by atoms with van der Waals surface area (Å²) in [5.74, 6) is 1.54. The summed E-state index contributed by atoms with van der Waals surface area (Å²) in [6, 6.07) is 5.98. The molecule has 0 N–H and O–H groups in total. The van der Waals surface area contributed by atoms with E-state index < -0.39 is 6.10 Å². The minimum absolute atomic E-state index is 0.265. The molecule has 0 saturated carbocycles. The summed E-state index contributed by atoms with van der Waals surface area (Å²) in [5, 5.41) is 1.19. The van der Waals surface area contributed by atoms with Gasteiger partial charge in [-0.15, -0.1) is 0 Å². The van der Waals surface area contributed by atoms with Crippen LogP contribution in [0.2, 0.25) is 0 Å². The third-order valence-electron chi connectivity index (χ3n) is 6.08. The Bertz CT molecular complexity index is 792. The van der Waals surface area contributed by atoms with Crippen molar-refractivity contribution in [3.05, 3.63) is 29.5 Å². The number of esters is 1. The van der Waals surface area contributed by atoms with Crippen molar-refractivity contribution in [3.8, 4) is 5.75 Å². The van der Waals surface area contributed by atoms with Gasteiger partial charge in [0, 0.05) is 23.4 Å². The van der Waals surface area contributed by atoms with Crippen molar-refractivity contribution >= 4 is 16.9 Å². The highest BCUT2D eigenvalue weighted by Crippen LogP contribution is 2.34. The van der Waals surface area contributed by atoms with Gasteiger partial charge in [0.05, 0.1) is 6.61 Å². The smallest absolute Gasteiger partial charge is 0.347 e. The fraction of sp³-hybridized carbons (Fsp3) is 0.654. The molecule has 0 amide bonds. The Labute approximate surface area is 181 Å². The highest BCUT2D eigenvalue weighted by atomic mass is 16.6. The van der Waals surface area contributed by atoms with Crippen LogP contribution in [-0.4, -0.2) is 18.7 Å². The van der Waals surface area contributed by atoms with Crippen LogP contribution in [0.4, 0.5) is 0 Å². The van der Waals surface area contributed by atoms with Crippen LogP contribution in [0.3, 0.4) is 0 Å². The molecule has 2 aromatic rings. The van der Waals surface area contributed by atoms with E-state index in [1.807, 2.05) is 19.1 Å². The second kappa shape index (κ2) is 12.0. The Kier molecular flexibility index (Phi) is 9.10. The number of hydrogen-bond donors (Lipinski definition) is 0. The van der Waals surface area contributed by atoms with E-state index in [4.69, 9.17) is 13.9 Å². The molecule has 0 aliphatic heterocycles. The molecule has 0 spiro atoms. The maximum absolute atomic E-state index is 12.4. The van der Waals surface area contributed by atoms with Crippen molar-refractivity contribution in [2.24, 2.45) is 0 Å². The van der Waals surface area contributed by atoms with Crippen molar-refractivity contribution in [1.29, 1.82) is 0 Å². The van der Waals surface area contributed by atoms with Crippen molar-refractivity contribution in [3.63, 3.8) is 0 Å². The average molecular weight is 415 g/mol. The molecule has 0 bridgehead atoms. The number of aryl methyl sites for hydroxylation is 2. The first-order chi connectivity index (χ1) is 14.7. The predicted octanol–water partition coefficient (Wildman–Crippen LogP) is 7.15. The third-order valence-corrected chi connectivity index (χ3v) is 6.08. The first kappa shape index (κ1) is 22.7. The van der Waals surface area contributed by atoms with Crippen molar-refractivity contribution in [2.75, 3.05) is 6.61 Å². The SMILES string of the molecule is CCCCCCCCCCC(Oc1ccc2c3c(oc2c1)CCCC3)C(=O)OCC. The fourth-order valence-electron chi connectivity index (χ4n) is 4.41. The monoisotopic (exact) mass is 414 g/mol. The normalized spacial score (nSPS) is 14.5. The number of furan rings is 1. The second-order valence-electron chi connectivity index (χ2n) is 8.49. The van der Waals surface area contributed by atoms with E-state index in [1.54, 1.807) is 0 Å². The number of carbonyl (C=O) groups excluding carboxylic acids is 1. The Balaban J connectivity index is 1.55. The van der Waals surface area contributed by atoms with Gasteiger partial charge < -0.3 is 13.9 Å². The van der Waals surface area contributed by atoms with Crippen LogP contribution in [0.1, 0.15) is 95.8 Å². The number of hydrogen-bond acceptors (Lipinski definition) is 4. The van der Waals surface area contributed by atoms with Crippen LogP contribution in [0.15, 0.2) is 22.6 Å². The minimum Gasteiger partial charge on any atom is -0.479 e. The summed E-state index contributed by atoms with van der Waals surface area (Å²) in [6.45, 7) is 4.46. The van der Waals surface area contributed by atoms with E-state index in [0.29, 0.717) is 18.8 Å². The van der Waals surface area contributed by atoms with E-state index in [0.717, 1.165) is 37.0 Å². The zero-order valence-corrected chi connectivity index (χ0v) is 18.8. The van der Waals surface area contributed by atoms with Gasteiger partial charge in [-0.1, -0.05) is 51.9 Å². The molecule has 4 heteroatoms. The summed E-state index contributed by atoms with van der Waals surface area (Å²) >= 11 is 0. The molecule has 1 aromatic heterocycles. The maximum Gasteiger partial charge on any atom is 0.347 e. The van der Waals surface area contributed by atoms with Gasteiger partial charge in [0.15, 0.2) is 6.10 Å². The van der Waals surface area contributed by atoms with E-state index in [1.165, 1.54) is 62.3 Å². The Morgan fingerprint density at radius 2 is 1.73 bits per heavy atom. The lowest BCUT2D eigenvalue weighted by atomic mass is 9.96. The zero-order chi connectivity index (χ0) is 21.2. The average Bonchev–Trinajstić information content (AvgIpc) is 3.12. The third kappa shape index (κ3) is 6.26. The van der Waals surface area contributed by atoms with Crippen LogP contribution in [-0.2, 0) is 22.4 Å². The van der Waals surface area contributed by atoms with Gasteiger partial charge in [0.1, 0.15) is 17.1 Å². The van der Waals surface area contributed by atoms with Gasteiger partial charge in [-0.2, -0.15) is 0 Å². The van der Waals surface area contributed by atoms with Crippen LogP contribution >= 0.6 is 0 Å². The lowest BCUT2D eigenvalue weighted by molar-refractivity contribution is -0.151. The molecule has 1 aliphatic rings. The molecule has 166 valence electrons. The largest absolute Gasteiger partial charge is 0.479 e. The predicted molar refractivity (Wildman–Crippen MR) is 121 cm³/mol. The van der Waals surface area contributed by atoms with E-state index in [9.17, 15) is 4.79 Å². The molecule has 1 aliphatic carbocycles. The first-order valence-corrected chi connectivity index (χ1v) is 12.1. The highest BCUT2D eigenvalue weighted by molar-refractivity contribution is 5.84. The molecule has 0 radical (unpaired) electrons. The molecule has 1 heterocycles. The summed E-state index contributed by atoms with van der Waals surface area (Å²) in [7, 11) is 0. The molecule has 0 saturated heterocycles. The molecule has 3 rings (SSSR count). The second-order valence-corrected chi connectivity index (χ2v) is 8.49. The molecule has 1 aromatic carbocycles. The highest BCUT2D eigenvalue weighted by Gasteiger charge is 2.23. The summed E-state index contributed by atoms with van der Waals surface area (Å²) in [6.07, 6.45) is 14.6. The standard InChI is InChI=1S/C26H38O4/c1-3-5-6-7-8-9-10-11-16-24(26(27)28-4-2)29-20-17-18-22-21-14-12-13-15-23(21)30-25(22)19-20/h17-19,24H,3-16H2,1-2H3. The number of ether oxygens (including phenoxy) is 2. The van der Waals surface area contributed by atoms with E-state index in [2.05, 4.69) is 13.0 Å². The number of unbranched alkanes of at least 4 members (excludes halogenated alkanes) is 7. The van der Waals surface area contributed by atoms with Crippen LogP contribution in [0, 0.1) is 0 Å². The molecule has 0 fully saturated rings. The number of rotatable bonds is 13. The maximum atomic E-state index is 12.4. The van der Waals surface area contributed by atoms with Crippen molar-refractivity contribution < 1.29 is 18.7 Å². The Hall–Kier alpha value is -1.97. The van der Waals surface area contributed by atoms with Gasteiger partial charge in [0.2, 0.25) is 0 Å². The van der Waals surface area contributed by atoms with Crippen LogP contribution < -0.4 is 4.74 Å². The van der Waals surface area contributed by atoms with Gasteiger partial charge >= 0.3 is 5.97 Å². The molecule has 30 heavy (non-hydrogen) atoms. The van der Waals surface area contributed by atoms with Gasteiger partial charge in [-0.25, -0.2) is 4.79 Å². The number of fused-ring (bicyclic) bond motifs is 3. The topological polar surface area (TPSA) is 48.7 Å². The van der Waals surface area contributed by atoms with Gasteiger partial charge in [-0.3, -0.25) is 0 Å². The molecular formula is C26H38O4. The van der Waals surface area contributed by atoms with Crippen LogP contribution in [0.5, 0.6) is 5.75 Å². The zero-order valence-electron chi connectivity index (χ0n) is 18.8. The fourth-order valence-corrected chi connectivity index (χ4v) is 4.41. The lowest BCUT2D eigenvalue weighted by Gasteiger charge is -2.17. The summed E-state index contributed by atoms with van der Waals surface area (Å²) in [4.78, 5) is 12.4. The molecule has 1 atom stereocenters. The Morgan fingerprint density at radius 1 is 1.00 bits per heavy atom. The van der Waals surface area contributed by atoms with Crippen molar-refractivity contribution in [1.82, 2.24) is 0 Å². The lowest BCUT2D eigenvalue weighted by Crippen LogP contribution is -2.29. The Morgan fingerprint density at radius 3 is 2.50 bits per heavy atom. The molecule has 4 nitrogen and oxygen atoms in total. The number of carbonyl (C=O) groups is 1. The van der Waals surface area contributed by atoms with Crippen LogP contribution in [0.25, 0.3) is 11.0 Å². The van der Waals surface area contributed by atoms with Crippen molar-refractivity contribution in [2.45, 2.75) is 103 Å². The minimum atomic E-state index is -0.549. The van der Waals surface area contributed by atoms with Gasteiger partial charge in [0.25, 0.3) is 0 Å². The summed E-state index contributed by atoms with van der Waals surface area (Å²) in [5.41, 5.74) is 2.22. The summed E-state index contributed by atoms with van der Waals surface area (Å²) < 4.78 is 17.4. The molecule has 1 unspecified atom stereocenters.